The summed E-state index contributed by atoms with van der Waals surface area (Å²) >= 11 is 6.10. The summed E-state index contributed by atoms with van der Waals surface area (Å²) in [5.74, 6) is 0. The van der Waals surface area contributed by atoms with Crippen molar-refractivity contribution in [2.24, 2.45) is 0 Å². The molecule has 1 aromatic carbocycles. The van der Waals surface area contributed by atoms with Crippen molar-refractivity contribution >= 4 is 11.6 Å². The average Bonchev–Trinajstić information content (AvgIpc) is 2.79. The molecule has 21 heavy (non-hydrogen) atoms. The number of hydrogen-bond acceptors (Lipinski definition) is 2. The Labute approximate surface area is 133 Å². The summed E-state index contributed by atoms with van der Waals surface area (Å²) in [7, 11) is 0. The highest BCUT2D eigenvalue weighted by Gasteiger charge is 2.29. The van der Waals surface area contributed by atoms with Gasteiger partial charge in [0.1, 0.15) is 0 Å². The van der Waals surface area contributed by atoms with Crippen LogP contribution in [0.5, 0.6) is 0 Å². The summed E-state index contributed by atoms with van der Waals surface area (Å²) in [5, 5.41) is 4.75. The van der Waals surface area contributed by atoms with Gasteiger partial charge in [-0.2, -0.15) is 0 Å². The van der Waals surface area contributed by atoms with E-state index in [-0.39, 0.29) is 0 Å². The third kappa shape index (κ3) is 3.61. The van der Waals surface area contributed by atoms with Crippen LogP contribution in [-0.4, -0.2) is 35.6 Å². The van der Waals surface area contributed by atoms with Gasteiger partial charge in [0.15, 0.2) is 0 Å². The van der Waals surface area contributed by atoms with E-state index in [4.69, 9.17) is 11.6 Å². The Bertz CT molecular complexity index is 498. The number of hydrogen-bond donors (Lipinski definition) is 1. The third-order valence-corrected chi connectivity index (χ3v) is 5.25. The van der Waals surface area contributed by atoms with Crippen molar-refractivity contribution in [2.75, 3.05) is 13.1 Å². The highest BCUT2D eigenvalue weighted by Crippen LogP contribution is 2.27. The summed E-state index contributed by atoms with van der Waals surface area (Å²) in [4.78, 5) is 2.61. The predicted octanol–water partition coefficient (Wildman–Crippen LogP) is 3.66. The van der Waals surface area contributed by atoms with Crippen LogP contribution in [0, 0.1) is 0 Å². The molecule has 1 aromatic rings. The Morgan fingerprint density at radius 2 is 1.71 bits per heavy atom. The van der Waals surface area contributed by atoms with Gasteiger partial charge in [-0.25, -0.2) is 0 Å². The van der Waals surface area contributed by atoms with Crippen molar-refractivity contribution in [3.63, 3.8) is 0 Å². The van der Waals surface area contributed by atoms with Crippen molar-refractivity contribution in [1.82, 2.24) is 10.2 Å². The number of halogens is 1. The topological polar surface area (TPSA) is 15.3 Å². The molecule has 3 heteroatoms. The summed E-state index contributed by atoms with van der Waals surface area (Å²) in [6.07, 6.45) is 4.83. The lowest BCUT2D eigenvalue weighted by atomic mass is 9.97. The van der Waals surface area contributed by atoms with Crippen LogP contribution in [0.25, 0.3) is 0 Å². The first kappa shape index (κ1) is 15.3. The molecule has 0 amide bonds. The van der Waals surface area contributed by atoms with Crippen molar-refractivity contribution in [3.05, 3.63) is 34.3 Å². The Morgan fingerprint density at radius 3 is 2.38 bits per heavy atom. The third-order valence-electron chi connectivity index (χ3n) is 5.02. The van der Waals surface area contributed by atoms with Gasteiger partial charge in [-0.3, -0.25) is 4.90 Å². The Kier molecular flexibility index (Phi) is 4.31. The molecule has 1 saturated heterocycles. The molecule has 1 heterocycles. The number of nitrogens with zero attached hydrogens (tertiary/aromatic N) is 1. The predicted molar refractivity (Wildman–Crippen MR) is 90.1 cm³/mol. The minimum absolute atomic E-state index is 0.311. The second-order valence-electron chi connectivity index (χ2n) is 7.62. The maximum absolute atomic E-state index is 6.10. The minimum atomic E-state index is 0.311. The van der Waals surface area contributed by atoms with Crippen LogP contribution < -0.4 is 5.32 Å². The number of benzene rings is 1. The first-order chi connectivity index (χ1) is 9.91. The quantitative estimate of drug-likeness (QED) is 0.897. The number of nitrogens with one attached hydrogen (secondary N) is 1. The molecule has 0 radical (unpaired) electrons. The monoisotopic (exact) mass is 306 g/mol. The number of fused-ring (bicyclic) bond motifs is 1. The largest absolute Gasteiger partial charge is 0.310 e. The smallest absolute Gasteiger partial charge is 0.0408 e. The van der Waals surface area contributed by atoms with E-state index >= 15 is 0 Å². The first-order valence-corrected chi connectivity index (χ1v) is 8.58. The Balaban J connectivity index is 1.52. The molecular formula is C18H27ClN2. The van der Waals surface area contributed by atoms with E-state index in [0.29, 0.717) is 17.6 Å². The van der Waals surface area contributed by atoms with Crippen LogP contribution in [0.4, 0.5) is 0 Å². The van der Waals surface area contributed by atoms with Gasteiger partial charge in [0.05, 0.1) is 0 Å². The molecule has 1 aliphatic carbocycles. The van der Waals surface area contributed by atoms with Crippen molar-refractivity contribution in [2.45, 2.75) is 64.1 Å². The number of likely N-dealkylation sites (tertiary alicyclic amines) is 1. The highest BCUT2D eigenvalue weighted by molar-refractivity contribution is 6.30. The zero-order chi connectivity index (χ0) is 15.0. The standard InChI is InChI=1S/C18H27ClN2/c1-18(2,3)21-8-6-16(7-9-21)20-17-11-13-4-5-15(19)10-14(13)12-17/h4-5,10,16-17,20H,6-9,11-12H2,1-3H3. The average molecular weight is 307 g/mol. The minimum Gasteiger partial charge on any atom is -0.310 e. The summed E-state index contributed by atoms with van der Waals surface area (Å²) < 4.78 is 0. The van der Waals surface area contributed by atoms with Crippen LogP contribution in [0.15, 0.2) is 18.2 Å². The van der Waals surface area contributed by atoms with Crippen molar-refractivity contribution in [3.8, 4) is 0 Å². The molecule has 2 nitrogen and oxygen atoms in total. The van der Waals surface area contributed by atoms with Crippen LogP contribution in [0.2, 0.25) is 5.02 Å². The number of piperidine rings is 1. The lowest BCUT2D eigenvalue weighted by molar-refractivity contribution is 0.0940. The summed E-state index contributed by atoms with van der Waals surface area (Å²) in [5.41, 5.74) is 3.22. The molecule has 1 atom stereocenters. The second kappa shape index (κ2) is 5.91. The van der Waals surface area contributed by atoms with E-state index < -0.39 is 0 Å². The number of rotatable bonds is 2. The molecule has 2 aliphatic rings. The van der Waals surface area contributed by atoms with Crippen molar-refractivity contribution in [1.29, 1.82) is 0 Å². The molecule has 1 fully saturated rings. The molecule has 1 unspecified atom stereocenters. The van der Waals surface area contributed by atoms with Crippen LogP contribution in [0.1, 0.15) is 44.7 Å². The van der Waals surface area contributed by atoms with E-state index in [9.17, 15) is 0 Å². The van der Waals surface area contributed by atoms with Crippen LogP contribution in [-0.2, 0) is 12.8 Å². The molecule has 0 spiro atoms. The fourth-order valence-corrected chi connectivity index (χ4v) is 3.95. The fraction of sp³-hybridized carbons (Fsp3) is 0.667. The van der Waals surface area contributed by atoms with E-state index in [1.165, 1.54) is 37.1 Å². The molecule has 0 aromatic heterocycles. The molecule has 1 N–H and O–H groups in total. The maximum Gasteiger partial charge on any atom is 0.0408 e. The second-order valence-corrected chi connectivity index (χ2v) is 8.05. The zero-order valence-electron chi connectivity index (χ0n) is 13.5. The lowest BCUT2D eigenvalue weighted by Crippen LogP contribution is -2.51. The van der Waals surface area contributed by atoms with E-state index in [1.54, 1.807) is 0 Å². The Hall–Kier alpha value is -0.570. The van der Waals surface area contributed by atoms with Crippen LogP contribution >= 0.6 is 11.6 Å². The zero-order valence-corrected chi connectivity index (χ0v) is 14.2. The molecule has 0 saturated carbocycles. The normalized spacial score (nSPS) is 24.3. The Morgan fingerprint density at radius 1 is 1.05 bits per heavy atom. The molecule has 116 valence electrons. The van der Waals surface area contributed by atoms with Gasteiger partial charge in [0, 0.05) is 35.7 Å². The molecule has 1 aliphatic heterocycles. The van der Waals surface area contributed by atoms with Gasteiger partial charge in [0.2, 0.25) is 0 Å². The lowest BCUT2D eigenvalue weighted by Gasteiger charge is -2.41. The van der Waals surface area contributed by atoms with Gasteiger partial charge >= 0.3 is 0 Å². The summed E-state index contributed by atoms with van der Waals surface area (Å²) in [6.45, 7) is 9.38. The van der Waals surface area contributed by atoms with Gasteiger partial charge < -0.3 is 5.32 Å². The van der Waals surface area contributed by atoms with Crippen LogP contribution in [0.3, 0.4) is 0 Å². The van der Waals surface area contributed by atoms with E-state index in [1.807, 2.05) is 6.07 Å². The molecule has 0 bridgehead atoms. The van der Waals surface area contributed by atoms with Gasteiger partial charge in [0.25, 0.3) is 0 Å². The SMILES string of the molecule is CC(C)(C)N1CCC(NC2Cc3ccc(Cl)cc3C2)CC1. The highest BCUT2D eigenvalue weighted by atomic mass is 35.5. The maximum atomic E-state index is 6.10. The van der Waals surface area contributed by atoms with Gasteiger partial charge in [-0.05, 0) is 69.7 Å². The molecule has 3 rings (SSSR count). The summed E-state index contributed by atoms with van der Waals surface area (Å²) in [6, 6.07) is 7.63. The van der Waals surface area contributed by atoms with E-state index in [2.05, 4.69) is 43.1 Å². The van der Waals surface area contributed by atoms with Gasteiger partial charge in [-0.1, -0.05) is 17.7 Å². The first-order valence-electron chi connectivity index (χ1n) is 8.20. The van der Waals surface area contributed by atoms with Crippen molar-refractivity contribution < 1.29 is 0 Å². The van der Waals surface area contributed by atoms with Gasteiger partial charge in [-0.15, -0.1) is 0 Å². The van der Waals surface area contributed by atoms with E-state index in [0.717, 1.165) is 17.9 Å². The fourth-order valence-electron chi connectivity index (χ4n) is 3.75. The molecular weight excluding hydrogens is 280 g/mol.